The molecule has 0 aromatic heterocycles. The fourth-order valence-corrected chi connectivity index (χ4v) is 5.49. The summed E-state index contributed by atoms with van der Waals surface area (Å²) in [6.45, 7) is 1.85. The molecule has 0 radical (unpaired) electrons. The first-order chi connectivity index (χ1) is 22.1. The SMILES string of the molecule is CC(C)(F)C[C@H](N[C@@H](c1ccc(-c2ccc(C3(C(=O)NCC(=O)O)CC3)cc2)cc1)C(F)(F)F)C(=O)N[C@H](C#N)Cc1ccccc1. The van der Waals surface area contributed by atoms with Gasteiger partial charge in [0.2, 0.25) is 11.8 Å². The second-order valence-electron chi connectivity index (χ2n) is 12.4. The smallest absolute Gasteiger partial charge is 0.407 e. The van der Waals surface area contributed by atoms with Gasteiger partial charge in [-0.25, -0.2) is 4.39 Å². The number of carbonyl (C=O) groups excluding carboxylic acids is 2. The van der Waals surface area contributed by atoms with Crippen molar-refractivity contribution < 1.29 is 37.1 Å². The zero-order valence-electron chi connectivity index (χ0n) is 25.9. The number of hydrogen-bond donors (Lipinski definition) is 4. The number of benzene rings is 3. The molecule has 3 aromatic rings. The number of nitrogens with one attached hydrogen (secondary N) is 3. The van der Waals surface area contributed by atoms with Crippen LogP contribution >= 0.6 is 0 Å². The second-order valence-corrected chi connectivity index (χ2v) is 12.4. The van der Waals surface area contributed by atoms with Crippen molar-refractivity contribution in [1.82, 2.24) is 16.0 Å². The number of nitrogens with zero attached hydrogens (tertiary/aromatic N) is 1. The van der Waals surface area contributed by atoms with E-state index in [-0.39, 0.29) is 17.9 Å². The van der Waals surface area contributed by atoms with Gasteiger partial charge in [0.1, 0.15) is 24.3 Å². The number of nitriles is 1. The van der Waals surface area contributed by atoms with Gasteiger partial charge in [-0.05, 0) is 54.5 Å². The molecule has 0 saturated heterocycles. The molecule has 0 spiro atoms. The van der Waals surface area contributed by atoms with Crippen molar-refractivity contribution in [3.63, 3.8) is 0 Å². The summed E-state index contributed by atoms with van der Waals surface area (Å²) in [7, 11) is 0. The van der Waals surface area contributed by atoms with Crippen LogP contribution in [0.4, 0.5) is 17.6 Å². The van der Waals surface area contributed by atoms with Gasteiger partial charge in [-0.2, -0.15) is 18.4 Å². The van der Waals surface area contributed by atoms with Crippen LogP contribution in [0, 0.1) is 11.3 Å². The van der Waals surface area contributed by atoms with E-state index in [1.807, 2.05) is 6.07 Å². The lowest BCUT2D eigenvalue weighted by molar-refractivity contribution is -0.161. The predicted octanol–water partition coefficient (Wildman–Crippen LogP) is 5.54. The number of alkyl halides is 4. The summed E-state index contributed by atoms with van der Waals surface area (Å²) in [5.74, 6) is -2.44. The lowest BCUT2D eigenvalue weighted by Crippen LogP contribution is -2.53. The molecule has 8 nitrogen and oxygen atoms in total. The number of carbonyl (C=O) groups is 3. The molecule has 0 unspecified atom stereocenters. The first-order valence-corrected chi connectivity index (χ1v) is 15.1. The molecule has 1 saturated carbocycles. The Morgan fingerprint density at radius 2 is 1.49 bits per heavy atom. The molecule has 47 heavy (non-hydrogen) atoms. The highest BCUT2D eigenvalue weighted by molar-refractivity contribution is 5.93. The third-order valence-electron chi connectivity index (χ3n) is 8.06. The van der Waals surface area contributed by atoms with Crippen molar-refractivity contribution in [2.45, 2.75) is 74.9 Å². The van der Waals surface area contributed by atoms with E-state index in [4.69, 9.17) is 5.11 Å². The number of rotatable bonds is 14. The Labute approximate surface area is 270 Å². The monoisotopic (exact) mass is 652 g/mol. The number of carboxylic acids is 1. The lowest BCUT2D eigenvalue weighted by atomic mass is 9.92. The molecule has 0 bridgehead atoms. The van der Waals surface area contributed by atoms with Crippen LogP contribution in [0.3, 0.4) is 0 Å². The molecule has 3 atom stereocenters. The number of carboxylic acid groups (broad SMARTS) is 1. The Morgan fingerprint density at radius 3 is 1.98 bits per heavy atom. The van der Waals surface area contributed by atoms with E-state index in [9.17, 15) is 37.2 Å². The van der Waals surface area contributed by atoms with Crippen molar-refractivity contribution in [3.05, 3.63) is 95.6 Å². The maximum Gasteiger partial charge on any atom is 0.407 e. The molecule has 4 rings (SSSR count). The Balaban J connectivity index is 1.51. The largest absolute Gasteiger partial charge is 0.480 e. The van der Waals surface area contributed by atoms with Gasteiger partial charge in [0.15, 0.2) is 0 Å². The highest BCUT2D eigenvalue weighted by Crippen LogP contribution is 2.48. The van der Waals surface area contributed by atoms with Gasteiger partial charge in [-0.1, -0.05) is 78.9 Å². The first kappa shape index (κ1) is 35.1. The molecule has 3 aromatic carbocycles. The van der Waals surface area contributed by atoms with Crippen LogP contribution in [-0.2, 0) is 26.2 Å². The van der Waals surface area contributed by atoms with Gasteiger partial charge in [-0.15, -0.1) is 0 Å². The van der Waals surface area contributed by atoms with Crippen LogP contribution in [0.25, 0.3) is 11.1 Å². The summed E-state index contributed by atoms with van der Waals surface area (Å²) in [5.41, 5.74) is -0.265. The van der Waals surface area contributed by atoms with Gasteiger partial charge in [0, 0.05) is 12.8 Å². The van der Waals surface area contributed by atoms with Gasteiger partial charge >= 0.3 is 12.1 Å². The maximum atomic E-state index is 14.8. The average molecular weight is 653 g/mol. The molecular weight excluding hydrogens is 616 g/mol. The zero-order valence-corrected chi connectivity index (χ0v) is 25.9. The summed E-state index contributed by atoms with van der Waals surface area (Å²) in [6.07, 6.45) is -4.16. The topological polar surface area (TPSA) is 131 Å². The highest BCUT2D eigenvalue weighted by atomic mass is 19.4. The van der Waals surface area contributed by atoms with Crippen molar-refractivity contribution in [1.29, 1.82) is 5.26 Å². The van der Waals surface area contributed by atoms with Crippen LogP contribution in [0.1, 0.15) is 55.8 Å². The number of amides is 2. The summed E-state index contributed by atoms with van der Waals surface area (Å²) in [4.78, 5) is 36.6. The zero-order chi connectivity index (χ0) is 34.4. The summed E-state index contributed by atoms with van der Waals surface area (Å²) >= 11 is 0. The summed E-state index contributed by atoms with van der Waals surface area (Å²) in [5, 5.41) is 25.7. The fourth-order valence-electron chi connectivity index (χ4n) is 5.49. The molecule has 0 heterocycles. The van der Waals surface area contributed by atoms with Crippen LogP contribution in [0.5, 0.6) is 0 Å². The van der Waals surface area contributed by atoms with E-state index in [1.165, 1.54) is 24.3 Å². The quantitative estimate of drug-likeness (QED) is 0.169. The van der Waals surface area contributed by atoms with Crippen LogP contribution in [0.2, 0.25) is 0 Å². The van der Waals surface area contributed by atoms with Gasteiger partial charge in [0.05, 0.1) is 17.5 Å². The average Bonchev–Trinajstić information content (AvgIpc) is 3.83. The van der Waals surface area contributed by atoms with Crippen LogP contribution < -0.4 is 16.0 Å². The van der Waals surface area contributed by atoms with E-state index < -0.39 is 60.2 Å². The molecule has 1 aliphatic rings. The fraction of sp³-hybridized carbons (Fsp3) is 0.371. The van der Waals surface area contributed by atoms with E-state index in [2.05, 4.69) is 16.0 Å². The van der Waals surface area contributed by atoms with Gasteiger partial charge in [-0.3, -0.25) is 19.7 Å². The lowest BCUT2D eigenvalue weighted by Gasteiger charge is -2.30. The number of aliphatic carboxylic acids is 1. The molecular formula is C35H36F4N4O4. The van der Waals surface area contributed by atoms with Crippen molar-refractivity contribution in [2.75, 3.05) is 6.54 Å². The van der Waals surface area contributed by atoms with E-state index >= 15 is 0 Å². The van der Waals surface area contributed by atoms with Crippen LogP contribution in [0.15, 0.2) is 78.9 Å². The Morgan fingerprint density at radius 1 is 0.915 bits per heavy atom. The normalized spacial score (nSPS) is 15.9. The molecule has 1 fully saturated rings. The minimum atomic E-state index is -4.85. The van der Waals surface area contributed by atoms with Gasteiger partial charge < -0.3 is 15.7 Å². The van der Waals surface area contributed by atoms with E-state index in [0.717, 1.165) is 19.4 Å². The third-order valence-corrected chi connectivity index (χ3v) is 8.06. The molecule has 0 aliphatic heterocycles. The standard InChI is InChI=1S/C35H36F4N4O4/c1-33(2,36)19-28(31(46)42-27(20-40)18-22-6-4-3-5-7-22)43-30(35(37,38)39)25-10-8-23(9-11-25)24-12-14-26(15-13-24)34(16-17-34)32(47)41-21-29(44)45/h3-15,27-28,30,43H,16-19,21H2,1-2H3,(H,41,47)(H,42,46)(H,44,45)/t27-,28-,30-/m0/s1. The summed E-state index contributed by atoms with van der Waals surface area (Å²) < 4.78 is 58.0. The van der Waals surface area contributed by atoms with Crippen molar-refractivity contribution in [3.8, 4) is 17.2 Å². The number of halogens is 4. The van der Waals surface area contributed by atoms with E-state index in [1.54, 1.807) is 54.6 Å². The number of hydrogen-bond acceptors (Lipinski definition) is 5. The minimum absolute atomic E-state index is 0.124. The predicted molar refractivity (Wildman–Crippen MR) is 167 cm³/mol. The minimum Gasteiger partial charge on any atom is -0.480 e. The second kappa shape index (κ2) is 14.3. The maximum absolute atomic E-state index is 14.8. The van der Waals surface area contributed by atoms with Gasteiger partial charge in [0.25, 0.3) is 0 Å². The van der Waals surface area contributed by atoms with Crippen molar-refractivity contribution >= 4 is 17.8 Å². The Bertz CT molecular complexity index is 1590. The van der Waals surface area contributed by atoms with Crippen molar-refractivity contribution in [2.24, 2.45) is 0 Å². The molecule has 2 amide bonds. The Kier molecular flexibility index (Phi) is 10.7. The summed E-state index contributed by atoms with van der Waals surface area (Å²) in [6, 6.07) is 18.3. The van der Waals surface area contributed by atoms with E-state index in [0.29, 0.717) is 29.5 Å². The molecule has 1 aliphatic carbocycles. The first-order valence-electron chi connectivity index (χ1n) is 15.1. The molecule has 12 heteroatoms. The Hall–Kier alpha value is -4.76. The molecule has 248 valence electrons. The third kappa shape index (κ3) is 9.39. The highest BCUT2D eigenvalue weighted by Gasteiger charge is 2.51. The van der Waals surface area contributed by atoms with Crippen LogP contribution in [-0.4, -0.2) is 53.4 Å². The molecule has 4 N–H and O–H groups in total.